The molecular formula is C14H17NOS. The first kappa shape index (κ1) is 11.2. The van der Waals surface area contributed by atoms with Crippen molar-refractivity contribution in [1.82, 2.24) is 0 Å². The van der Waals surface area contributed by atoms with Crippen molar-refractivity contribution in [2.45, 2.75) is 37.3 Å². The molecule has 3 N–H and O–H groups in total. The average Bonchev–Trinajstić information content (AvgIpc) is 2.85. The molecule has 0 amide bonds. The molecule has 1 saturated carbocycles. The SMILES string of the molecule is NC1CCC(O)(Cc2csc3ccccc23)C1. The van der Waals surface area contributed by atoms with E-state index in [1.807, 2.05) is 0 Å². The minimum Gasteiger partial charge on any atom is -0.389 e. The Bertz CT molecular complexity index is 536. The molecule has 1 aliphatic rings. The van der Waals surface area contributed by atoms with Crippen molar-refractivity contribution < 1.29 is 5.11 Å². The smallest absolute Gasteiger partial charge is 0.0703 e. The van der Waals surface area contributed by atoms with Gasteiger partial charge in [0.1, 0.15) is 0 Å². The van der Waals surface area contributed by atoms with Crippen LogP contribution < -0.4 is 5.73 Å². The van der Waals surface area contributed by atoms with Gasteiger partial charge in [0.05, 0.1) is 5.60 Å². The Hall–Kier alpha value is -0.900. The van der Waals surface area contributed by atoms with Gasteiger partial charge in [-0.05, 0) is 41.7 Å². The highest BCUT2D eigenvalue weighted by Gasteiger charge is 2.36. The summed E-state index contributed by atoms with van der Waals surface area (Å²) in [6, 6.07) is 8.56. The van der Waals surface area contributed by atoms with Crippen LogP contribution in [-0.4, -0.2) is 16.7 Å². The van der Waals surface area contributed by atoms with Crippen LogP contribution in [0.25, 0.3) is 10.1 Å². The first-order valence-corrected chi connectivity index (χ1v) is 6.97. The fourth-order valence-electron chi connectivity index (χ4n) is 2.83. The lowest BCUT2D eigenvalue weighted by Gasteiger charge is -2.22. The van der Waals surface area contributed by atoms with Gasteiger partial charge in [0.25, 0.3) is 0 Å². The molecule has 3 heteroatoms. The van der Waals surface area contributed by atoms with Crippen LogP contribution in [0.5, 0.6) is 0 Å². The Balaban J connectivity index is 1.90. The third-order valence-electron chi connectivity index (χ3n) is 3.70. The molecule has 0 bridgehead atoms. The van der Waals surface area contributed by atoms with Crippen molar-refractivity contribution in [1.29, 1.82) is 0 Å². The van der Waals surface area contributed by atoms with E-state index < -0.39 is 5.60 Å². The van der Waals surface area contributed by atoms with E-state index in [2.05, 4.69) is 29.6 Å². The molecule has 2 atom stereocenters. The highest BCUT2D eigenvalue weighted by atomic mass is 32.1. The number of rotatable bonds is 2. The summed E-state index contributed by atoms with van der Waals surface area (Å²) in [6.45, 7) is 0. The average molecular weight is 247 g/mol. The maximum absolute atomic E-state index is 10.5. The molecule has 90 valence electrons. The van der Waals surface area contributed by atoms with Crippen molar-refractivity contribution in [3.8, 4) is 0 Å². The predicted octanol–water partition coefficient (Wildman–Crippen LogP) is 2.69. The second kappa shape index (κ2) is 4.09. The van der Waals surface area contributed by atoms with Crippen LogP contribution in [0, 0.1) is 0 Å². The molecule has 0 aliphatic heterocycles. The van der Waals surface area contributed by atoms with Crippen molar-refractivity contribution in [3.05, 3.63) is 35.2 Å². The van der Waals surface area contributed by atoms with Crippen molar-refractivity contribution in [2.24, 2.45) is 5.73 Å². The molecule has 1 heterocycles. The van der Waals surface area contributed by atoms with Gasteiger partial charge in [-0.15, -0.1) is 11.3 Å². The quantitative estimate of drug-likeness (QED) is 0.857. The number of thiophene rings is 1. The molecule has 2 unspecified atom stereocenters. The lowest BCUT2D eigenvalue weighted by Crippen LogP contribution is -2.30. The number of benzene rings is 1. The largest absolute Gasteiger partial charge is 0.389 e. The molecule has 0 radical (unpaired) electrons. The second-order valence-electron chi connectivity index (χ2n) is 5.16. The van der Waals surface area contributed by atoms with Crippen LogP contribution in [0.3, 0.4) is 0 Å². The van der Waals surface area contributed by atoms with E-state index in [1.165, 1.54) is 15.6 Å². The highest BCUT2D eigenvalue weighted by Crippen LogP contribution is 2.35. The van der Waals surface area contributed by atoms with E-state index in [9.17, 15) is 5.11 Å². The van der Waals surface area contributed by atoms with Gasteiger partial charge in [-0.1, -0.05) is 18.2 Å². The van der Waals surface area contributed by atoms with Crippen molar-refractivity contribution in [2.75, 3.05) is 0 Å². The van der Waals surface area contributed by atoms with E-state index >= 15 is 0 Å². The van der Waals surface area contributed by atoms with Crippen molar-refractivity contribution >= 4 is 21.4 Å². The van der Waals surface area contributed by atoms with Gasteiger partial charge in [0.2, 0.25) is 0 Å². The number of hydrogen-bond donors (Lipinski definition) is 2. The van der Waals surface area contributed by atoms with Crippen LogP contribution in [0.4, 0.5) is 0 Å². The van der Waals surface area contributed by atoms with Gasteiger partial charge < -0.3 is 10.8 Å². The van der Waals surface area contributed by atoms with Gasteiger partial charge in [0.15, 0.2) is 0 Å². The molecule has 3 rings (SSSR count). The zero-order chi connectivity index (χ0) is 11.9. The Labute approximate surface area is 105 Å². The van der Waals surface area contributed by atoms with Crippen LogP contribution in [0.15, 0.2) is 29.6 Å². The van der Waals surface area contributed by atoms with E-state index in [0.717, 1.165) is 25.7 Å². The summed E-state index contributed by atoms with van der Waals surface area (Å²) in [5.74, 6) is 0. The molecule has 0 saturated heterocycles. The topological polar surface area (TPSA) is 46.2 Å². The first-order chi connectivity index (χ1) is 8.16. The normalized spacial score (nSPS) is 28.9. The Morgan fingerprint density at radius 1 is 1.41 bits per heavy atom. The van der Waals surface area contributed by atoms with Crippen LogP contribution >= 0.6 is 11.3 Å². The molecule has 1 aliphatic carbocycles. The van der Waals surface area contributed by atoms with Gasteiger partial charge in [-0.3, -0.25) is 0 Å². The Morgan fingerprint density at radius 3 is 3.00 bits per heavy atom. The standard InChI is InChI=1S/C14H17NOS/c15-11-5-6-14(16,8-11)7-10-9-17-13-4-2-1-3-12(10)13/h1-4,9,11,16H,5-8,15H2. The zero-order valence-corrected chi connectivity index (χ0v) is 10.5. The summed E-state index contributed by atoms with van der Waals surface area (Å²) in [5, 5.41) is 14.0. The molecule has 2 nitrogen and oxygen atoms in total. The number of aliphatic hydroxyl groups is 1. The minimum absolute atomic E-state index is 0.171. The Kier molecular flexibility index (Phi) is 2.69. The summed E-state index contributed by atoms with van der Waals surface area (Å²) >= 11 is 1.75. The van der Waals surface area contributed by atoms with Crippen LogP contribution in [-0.2, 0) is 6.42 Å². The highest BCUT2D eigenvalue weighted by molar-refractivity contribution is 7.17. The fraction of sp³-hybridized carbons (Fsp3) is 0.429. The van der Waals surface area contributed by atoms with Gasteiger partial charge in [-0.25, -0.2) is 0 Å². The molecule has 1 aromatic carbocycles. The molecule has 1 aromatic heterocycles. The number of nitrogens with two attached hydrogens (primary N) is 1. The monoisotopic (exact) mass is 247 g/mol. The molecule has 17 heavy (non-hydrogen) atoms. The van der Waals surface area contributed by atoms with E-state index in [4.69, 9.17) is 5.73 Å². The molecule has 1 fully saturated rings. The van der Waals surface area contributed by atoms with E-state index in [0.29, 0.717) is 0 Å². The summed E-state index contributed by atoms with van der Waals surface area (Å²) in [4.78, 5) is 0. The third kappa shape index (κ3) is 2.10. The summed E-state index contributed by atoms with van der Waals surface area (Å²) in [7, 11) is 0. The van der Waals surface area contributed by atoms with E-state index in [1.54, 1.807) is 11.3 Å². The van der Waals surface area contributed by atoms with Crippen LogP contribution in [0.2, 0.25) is 0 Å². The maximum Gasteiger partial charge on any atom is 0.0703 e. The minimum atomic E-state index is -0.580. The number of hydrogen-bond acceptors (Lipinski definition) is 3. The summed E-state index contributed by atoms with van der Waals surface area (Å²) in [5.41, 5.74) is 6.58. The van der Waals surface area contributed by atoms with Gasteiger partial charge in [0, 0.05) is 17.2 Å². The lowest BCUT2D eigenvalue weighted by molar-refractivity contribution is 0.0473. The summed E-state index contributed by atoms with van der Waals surface area (Å²) in [6.07, 6.45) is 3.25. The number of fused-ring (bicyclic) bond motifs is 1. The maximum atomic E-state index is 10.5. The third-order valence-corrected chi connectivity index (χ3v) is 4.72. The molecule has 2 aromatic rings. The summed E-state index contributed by atoms with van der Waals surface area (Å²) < 4.78 is 1.30. The second-order valence-corrected chi connectivity index (χ2v) is 6.07. The predicted molar refractivity (Wildman–Crippen MR) is 72.3 cm³/mol. The van der Waals surface area contributed by atoms with E-state index in [-0.39, 0.29) is 6.04 Å². The fourth-order valence-corrected chi connectivity index (χ4v) is 3.79. The lowest BCUT2D eigenvalue weighted by atomic mass is 9.92. The first-order valence-electron chi connectivity index (χ1n) is 6.09. The zero-order valence-electron chi connectivity index (χ0n) is 9.73. The molecular weight excluding hydrogens is 230 g/mol. The van der Waals surface area contributed by atoms with Gasteiger partial charge >= 0.3 is 0 Å². The van der Waals surface area contributed by atoms with Crippen LogP contribution in [0.1, 0.15) is 24.8 Å². The molecule has 0 spiro atoms. The van der Waals surface area contributed by atoms with Gasteiger partial charge in [-0.2, -0.15) is 0 Å². The van der Waals surface area contributed by atoms with Crippen molar-refractivity contribution in [3.63, 3.8) is 0 Å². The Morgan fingerprint density at radius 2 is 2.24 bits per heavy atom.